The molecule has 3 aromatic carbocycles. The highest BCUT2D eigenvalue weighted by Crippen LogP contribution is 2.37. The highest BCUT2D eigenvalue weighted by atomic mass is 32.2. The summed E-state index contributed by atoms with van der Waals surface area (Å²) in [6, 6.07) is 19.3. The van der Waals surface area contributed by atoms with E-state index in [1.165, 1.54) is 31.4 Å². The molecule has 0 saturated carbocycles. The lowest BCUT2D eigenvalue weighted by molar-refractivity contribution is 0.283. The van der Waals surface area contributed by atoms with Crippen molar-refractivity contribution in [1.29, 1.82) is 0 Å². The standard InChI is InChI=1S/C21H20O6S2/c1-26-18-13-21(29(24,25)17-11-7-4-8-12-17)20(28(2,22)23)14-19(18)27-15-16-9-5-3-6-10-16/h3-14H,15H2,1-2H3. The largest absolute Gasteiger partial charge is 0.493 e. The highest BCUT2D eigenvalue weighted by molar-refractivity contribution is 7.94. The summed E-state index contributed by atoms with van der Waals surface area (Å²) < 4.78 is 62.0. The zero-order valence-corrected chi connectivity index (χ0v) is 17.5. The van der Waals surface area contributed by atoms with Gasteiger partial charge in [-0.25, -0.2) is 16.8 Å². The number of rotatable bonds is 7. The maximum atomic E-state index is 13.1. The maximum Gasteiger partial charge on any atom is 0.208 e. The van der Waals surface area contributed by atoms with Gasteiger partial charge in [0.2, 0.25) is 9.84 Å². The summed E-state index contributed by atoms with van der Waals surface area (Å²) in [5.74, 6) is 0.270. The summed E-state index contributed by atoms with van der Waals surface area (Å²) in [4.78, 5) is -0.703. The molecular formula is C21H20O6S2. The molecule has 0 aromatic heterocycles. The van der Waals surface area contributed by atoms with Crippen LogP contribution in [0.4, 0.5) is 0 Å². The summed E-state index contributed by atoms with van der Waals surface area (Å²) in [6.07, 6.45) is 0.958. The van der Waals surface area contributed by atoms with Gasteiger partial charge in [-0.2, -0.15) is 0 Å². The molecule has 29 heavy (non-hydrogen) atoms. The van der Waals surface area contributed by atoms with Crippen LogP contribution in [0.15, 0.2) is 87.5 Å². The van der Waals surface area contributed by atoms with Gasteiger partial charge in [0.1, 0.15) is 6.61 Å². The van der Waals surface area contributed by atoms with Gasteiger partial charge in [-0.1, -0.05) is 48.5 Å². The van der Waals surface area contributed by atoms with Gasteiger partial charge < -0.3 is 9.47 Å². The monoisotopic (exact) mass is 432 g/mol. The molecule has 0 N–H and O–H groups in total. The molecule has 0 bridgehead atoms. The van der Waals surface area contributed by atoms with Crippen LogP contribution in [0.5, 0.6) is 11.5 Å². The Morgan fingerprint density at radius 1 is 0.759 bits per heavy atom. The number of methoxy groups -OCH3 is 1. The first-order valence-electron chi connectivity index (χ1n) is 8.62. The molecule has 0 atom stereocenters. The Hall–Kier alpha value is -2.84. The molecule has 0 unspecified atom stereocenters. The van der Waals surface area contributed by atoms with E-state index in [-0.39, 0.29) is 32.8 Å². The van der Waals surface area contributed by atoms with Crippen molar-refractivity contribution in [3.63, 3.8) is 0 Å². The molecule has 0 aliphatic carbocycles. The number of benzene rings is 3. The van der Waals surface area contributed by atoms with E-state index in [0.29, 0.717) is 0 Å². The fourth-order valence-electron chi connectivity index (χ4n) is 2.76. The van der Waals surface area contributed by atoms with Crippen molar-refractivity contribution in [2.24, 2.45) is 0 Å². The van der Waals surface area contributed by atoms with Crippen LogP contribution in [0.1, 0.15) is 5.56 Å². The number of ether oxygens (including phenoxy) is 2. The van der Waals surface area contributed by atoms with Crippen molar-refractivity contribution in [3.05, 3.63) is 78.4 Å². The summed E-state index contributed by atoms with van der Waals surface area (Å²) in [6.45, 7) is 0.172. The second kappa shape index (κ2) is 8.26. The van der Waals surface area contributed by atoms with Gasteiger partial charge in [0.15, 0.2) is 21.3 Å². The van der Waals surface area contributed by atoms with E-state index in [9.17, 15) is 16.8 Å². The normalized spacial score (nSPS) is 11.8. The van der Waals surface area contributed by atoms with Gasteiger partial charge >= 0.3 is 0 Å². The zero-order valence-electron chi connectivity index (χ0n) is 15.9. The molecule has 0 spiro atoms. The average molecular weight is 433 g/mol. The molecule has 0 heterocycles. The summed E-state index contributed by atoms with van der Waals surface area (Å²) in [5, 5.41) is 0. The van der Waals surface area contributed by atoms with Crippen molar-refractivity contribution in [1.82, 2.24) is 0 Å². The Labute approximate surface area is 170 Å². The second-order valence-electron chi connectivity index (χ2n) is 6.31. The highest BCUT2D eigenvalue weighted by Gasteiger charge is 2.28. The lowest BCUT2D eigenvalue weighted by Crippen LogP contribution is -2.11. The van der Waals surface area contributed by atoms with E-state index in [0.717, 1.165) is 11.8 Å². The molecule has 0 aliphatic heterocycles. The minimum absolute atomic E-state index is 0.00935. The molecule has 152 valence electrons. The van der Waals surface area contributed by atoms with E-state index >= 15 is 0 Å². The first-order valence-corrected chi connectivity index (χ1v) is 12.0. The SMILES string of the molecule is COc1cc(S(=O)(=O)c2ccccc2)c(S(C)(=O)=O)cc1OCc1ccccc1. The van der Waals surface area contributed by atoms with Gasteiger partial charge in [0.05, 0.1) is 21.8 Å². The lowest BCUT2D eigenvalue weighted by Gasteiger charge is -2.16. The van der Waals surface area contributed by atoms with Crippen molar-refractivity contribution in [2.45, 2.75) is 21.3 Å². The molecule has 6 nitrogen and oxygen atoms in total. The molecule has 3 aromatic rings. The minimum atomic E-state index is -4.08. The van der Waals surface area contributed by atoms with Crippen LogP contribution in [0.2, 0.25) is 0 Å². The Morgan fingerprint density at radius 2 is 1.31 bits per heavy atom. The predicted molar refractivity (Wildman–Crippen MR) is 109 cm³/mol. The molecule has 3 rings (SSSR count). The third kappa shape index (κ3) is 4.60. The molecule has 0 amide bonds. The molecular weight excluding hydrogens is 412 g/mol. The summed E-state index contributed by atoms with van der Waals surface area (Å²) in [7, 11) is -6.59. The quantitative estimate of drug-likeness (QED) is 0.568. The Bertz CT molecular complexity index is 1200. The number of sulfone groups is 2. The van der Waals surface area contributed by atoms with E-state index in [1.54, 1.807) is 18.2 Å². The van der Waals surface area contributed by atoms with Crippen LogP contribution < -0.4 is 9.47 Å². The summed E-state index contributed by atoms with van der Waals surface area (Å²) in [5.41, 5.74) is 0.872. The van der Waals surface area contributed by atoms with Crippen molar-refractivity contribution >= 4 is 19.7 Å². The molecule has 0 saturated heterocycles. The van der Waals surface area contributed by atoms with Crippen LogP contribution >= 0.6 is 0 Å². The molecule has 8 heteroatoms. The van der Waals surface area contributed by atoms with Gasteiger partial charge in [-0.05, 0) is 17.7 Å². The van der Waals surface area contributed by atoms with Crippen molar-refractivity contribution in [2.75, 3.05) is 13.4 Å². The van der Waals surface area contributed by atoms with Crippen LogP contribution in [-0.2, 0) is 26.3 Å². The van der Waals surface area contributed by atoms with Gasteiger partial charge in [0.25, 0.3) is 0 Å². The third-order valence-electron chi connectivity index (χ3n) is 4.21. The Kier molecular flexibility index (Phi) is 5.95. The maximum absolute atomic E-state index is 13.1. The Morgan fingerprint density at radius 3 is 1.86 bits per heavy atom. The van der Waals surface area contributed by atoms with Gasteiger partial charge in [-0.15, -0.1) is 0 Å². The first kappa shape index (κ1) is 20.9. The first-order chi connectivity index (χ1) is 13.7. The smallest absolute Gasteiger partial charge is 0.208 e. The molecule has 0 radical (unpaired) electrons. The average Bonchev–Trinajstić information content (AvgIpc) is 2.72. The summed E-state index contributed by atoms with van der Waals surface area (Å²) >= 11 is 0. The fraction of sp³-hybridized carbons (Fsp3) is 0.143. The van der Waals surface area contributed by atoms with E-state index in [2.05, 4.69) is 0 Å². The van der Waals surface area contributed by atoms with Crippen LogP contribution in [-0.4, -0.2) is 30.2 Å². The van der Waals surface area contributed by atoms with E-state index in [1.807, 2.05) is 30.3 Å². The molecule has 0 fully saturated rings. The van der Waals surface area contributed by atoms with Crippen LogP contribution in [0.25, 0.3) is 0 Å². The Balaban J connectivity index is 2.13. The third-order valence-corrected chi connectivity index (χ3v) is 7.29. The van der Waals surface area contributed by atoms with Crippen LogP contribution in [0, 0.1) is 0 Å². The zero-order chi connectivity index (χ0) is 21.1. The number of hydrogen-bond donors (Lipinski definition) is 0. The van der Waals surface area contributed by atoms with Gasteiger partial charge in [0, 0.05) is 18.4 Å². The van der Waals surface area contributed by atoms with Gasteiger partial charge in [-0.3, -0.25) is 0 Å². The van der Waals surface area contributed by atoms with Crippen molar-refractivity contribution < 1.29 is 26.3 Å². The topological polar surface area (TPSA) is 86.7 Å². The fourth-order valence-corrected chi connectivity index (χ4v) is 5.64. The van der Waals surface area contributed by atoms with Crippen molar-refractivity contribution in [3.8, 4) is 11.5 Å². The molecule has 0 aliphatic rings. The second-order valence-corrected chi connectivity index (χ2v) is 10.2. The van der Waals surface area contributed by atoms with E-state index in [4.69, 9.17) is 9.47 Å². The van der Waals surface area contributed by atoms with E-state index < -0.39 is 19.7 Å². The number of hydrogen-bond acceptors (Lipinski definition) is 6. The lowest BCUT2D eigenvalue weighted by atomic mass is 10.2. The minimum Gasteiger partial charge on any atom is -0.493 e. The predicted octanol–water partition coefficient (Wildman–Crippen LogP) is 3.51. The van der Waals surface area contributed by atoms with Crippen LogP contribution in [0.3, 0.4) is 0 Å².